The maximum Gasteiger partial charge on any atom is 0.416 e. The van der Waals surface area contributed by atoms with Crippen molar-refractivity contribution in [2.45, 2.75) is 25.2 Å². The summed E-state index contributed by atoms with van der Waals surface area (Å²) in [5, 5.41) is 0.461. The van der Waals surface area contributed by atoms with Gasteiger partial charge in [-0.3, -0.25) is 14.7 Å². The summed E-state index contributed by atoms with van der Waals surface area (Å²) in [5.74, 6) is -0.381. The van der Waals surface area contributed by atoms with Gasteiger partial charge in [-0.2, -0.15) is 26.3 Å². The number of nitrogens with zero attached hydrogens (tertiary/aromatic N) is 2. The molecule has 1 aromatic heterocycles. The third-order valence-corrected chi connectivity index (χ3v) is 5.95. The summed E-state index contributed by atoms with van der Waals surface area (Å²) < 4.78 is 79.7. The van der Waals surface area contributed by atoms with Crippen molar-refractivity contribution in [2.75, 3.05) is 4.90 Å². The Bertz CT molecular complexity index is 1460. The SMILES string of the molecule is O=C1CCc2cnc3ccc(-c4cccc(C(F)(F)F)c4)cc3c2N1c1cccc(C(F)(F)F)c1. The second kappa shape index (κ2) is 8.11. The number of alkyl halides is 6. The van der Waals surface area contributed by atoms with E-state index in [0.29, 0.717) is 39.7 Å². The fraction of sp³-hybridized carbons (Fsp3) is 0.154. The number of anilines is 2. The van der Waals surface area contributed by atoms with Crippen LogP contribution in [0.4, 0.5) is 37.7 Å². The molecule has 0 saturated carbocycles. The first-order valence-electron chi connectivity index (χ1n) is 10.6. The quantitative estimate of drug-likeness (QED) is 0.274. The molecule has 0 saturated heterocycles. The van der Waals surface area contributed by atoms with Gasteiger partial charge in [0.05, 0.1) is 22.3 Å². The Morgan fingerprint density at radius 1 is 0.743 bits per heavy atom. The summed E-state index contributed by atoms with van der Waals surface area (Å²) >= 11 is 0. The molecule has 1 amide bonds. The Morgan fingerprint density at radius 3 is 2.11 bits per heavy atom. The Balaban J connectivity index is 1.70. The van der Waals surface area contributed by atoms with Crippen molar-refractivity contribution in [3.8, 4) is 11.1 Å². The van der Waals surface area contributed by atoms with E-state index in [1.807, 2.05) is 0 Å². The van der Waals surface area contributed by atoms with Crippen molar-refractivity contribution in [1.82, 2.24) is 4.98 Å². The molecular weight excluding hydrogens is 470 g/mol. The van der Waals surface area contributed by atoms with Gasteiger partial charge in [-0.25, -0.2) is 0 Å². The van der Waals surface area contributed by atoms with Gasteiger partial charge in [-0.15, -0.1) is 0 Å². The highest BCUT2D eigenvalue weighted by atomic mass is 19.4. The van der Waals surface area contributed by atoms with Crippen LogP contribution in [0.25, 0.3) is 22.0 Å². The molecule has 35 heavy (non-hydrogen) atoms. The van der Waals surface area contributed by atoms with Crippen molar-refractivity contribution in [3.05, 3.63) is 89.6 Å². The van der Waals surface area contributed by atoms with E-state index in [2.05, 4.69) is 4.98 Å². The molecule has 178 valence electrons. The van der Waals surface area contributed by atoms with E-state index < -0.39 is 23.5 Å². The number of hydrogen-bond acceptors (Lipinski definition) is 2. The van der Waals surface area contributed by atoms with Gasteiger partial charge in [0.25, 0.3) is 0 Å². The van der Waals surface area contributed by atoms with Crippen LogP contribution in [-0.2, 0) is 23.6 Å². The van der Waals surface area contributed by atoms with Gasteiger partial charge in [-0.1, -0.05) is 24.3 Å². The summed E-state index contributed by atoms with van der Waals surface area (Å²) in [5.41, 5.74) is 0.652. The van der Waals surface area contributed by atoms with E-state index in [4.69, 9.17) is 0 Å². The predicted octanol–water partition coefficient (Wildman–Crippen LogP) is 7.55. The minimum Gasteiger partial charge on any atom is -0.280 e. The highest BCUT2D eigenvalue weighted by molar-refractivity contribution is 6.11. The molecule has 1 aliphatic heterocycles. The van der Waals surface area contributed by atoms with Crippen LogP contribution >= 0.6 is 0 Å². The molecular formula is C26H16F6N2O. The summed E-state index contributed by atoms with van der Waals surface area (Å²) in [7, 11) is 0. The molecule has 0 N–H and O–H groups in total. The van der Waals surface area contributed by atoms with Crippen molar-refractivity contribution in [3.63, 3.8) is 0 Å². The molecule has 1 aliphatic rings. The van der Waals surface area contributed by atoms with Crippen LogP contribution in [0.5, 0.6) is 0 Å². The van der Waals surface area contributed by atoms with Crippen LogP contribution in [0.3, 0.4) is 0 Å². The van der Waals surface area contributed by atoms with Gasteiger partial charge in [0.15, 0.2) is 0 Å². The topological polar surface area (TPSA) is 33.2 Å². The number of carbonyl (C=O) groups is 1. The molecule has 4 aromatic rings. The highest BCUT2D eigenvalue weighted by Gasteiger charge is 2.34. The first-order valence-corrected chi connectivity index (χ1v) is 10.6. The maximum atomic E-state index is 13.3. The van der Waals surface area contributed by atoms with Gasteiger partial charge in [0, 0.05) is 23.7 Å². The molecule has 0 unspecified atom stereocenters. The third kappa shape index (κ3) is 4.22. The number of hydrogen-bond donors (Lipinski definition) is 0. The predicted molar refractivity (Wildman–Crippen MR) is 119 cm³/mol. The molecule has 0 fully saturated rings. The summed E-state index contributed by atoms with van der Waals surface area (Å²) in [6.45, 7) is 0. The largest absolute Gasteiger partial charge is 0.416 e. The number of fused-ring (bicyclic) bond motifs is 3. The van der Waals surface area contributed by atoms with Gasteiger partial charge in [-0.05, 0) is 65.6 Å². The monoisotopic (exact) mass is 486 g/mol. The molecule has 0 radical (unpaired) electrons. The second-order valence-corrected chi connectivity index (χ2v) is 8.22. The summed E-state index contributed by atoms with van der Waals surface area (Å²) in [4.78, 5) is 18.6. The summed E-state index contributed by atoms with van der Waals surface area (Å²) in [6, 6.07) is 14.2. The van der Waals surface area contributed by atoms with E-state index in [9.17, 15) is 31.1 Å². The number of aryl methyl sites for hydroxylation is 1. The highest BCUT2D eigenvalue weighted by Crippen LogP contribution is 2.42. The standard InChI is InChI=1S/C26H16F6N2O/c27-25(28,29)18-4-1-3-15(11-18)16-7-9-22-21(12-16)24-17(14-33-22)8-10-23(35)34(24)20-6-2-5-19(13-20)26(30,31)32/h1-7,9,11-14H,8,10H2. The average Bonchev–Trinajstić information content (AvgIpc) is 2.82. The number of amides is 1. The number of rotatable bonds is 2. The average molecular weight is 486 g/mol. The number of benzene rings is 3. The molecule has 5 rings (SSSR count). The molecule has 0 spiro atoms. The van der Waals surface area contributed by atoms with Crippen LogP contribution < -0.4 is 4.90 Å². The molecule has 0 bridgehead atoms. The lowest BCUT2D eigenvalue weighted by atomic mass is 9.95. The minimum absolute atomic E-state index is 0.0581. The van der Waals surface area contributed by atoms with Crippen molar-refractivity contribution >= 4 is 28.2 Å². The fourth-order valence-corrected chi connectivity index (χ4v) is 4.29. The molecule has 3 aromatic carbocycles. The zero-order valence-electron chi connectivity index (χ0n) is 17.9. The zero-order valence-corrected chi connectivity index (χ0v) is 17.9. The smallest absolute Gasteiger partial charge is 0.280 e. The number of aromatic nitrogens is 1. The number of pyridine rings is 1. The Hall–Kier alpha value is -3.88. The van der Waals surface area contributed by atoms with Crippen LogP contribution in [0.2, 0.25) is 0 Å². The van der Waals surface area contributed by atoms with Crippen molar-refractivity contribution < 1.29 is 31.1 Å². The lowest BCUT2D eigenvalue weighted by molar-refractivity contribution is -0.138. The Kier molecular flexibility index (Phi) is 5.30. The lowest BCUT2D eigenvalue weighted by Crippen LogP contribution is -2.31. The minimum atomic E-state index is -4.59. The van der Waals surface area contributed by atoms with Gasteiger partial charge in [0.1, 0.15) is 0 Å². The number of halogens is 6. The van der Waals surface area contributed by atoms with Crippen LogP contribution in [0, 0.1) is 0 Å². The van der Waals surface area contributed by atoms with Gasteiger partial charge >= 0.3 is 12.4 Å². The molecule has 0 aliphatic carbocycles. The van der Waals surface area contributed by atoms with E-state index in [-0.39, 0.29) is 18.0 Å². The second-order valence-electron chi connectivity index (χ2n) is 8.22. The Morgan fingerprint density at radius 2 is 1.40 bits per heavy atom. The molecule has 2 heterocycles. The van der Waals surface area contributed by atoms with E-state index >= 15 is 0 Å². The van der Waals surface area contributed by atoms with Gasteiger partial charge < -0.3 is 0 Å². The van der Waals surface area contributed by atoms with E-state index in [1.165, 1.54) is 29.2 Å². The lowest BCUT2D eigenvalue weighted by Gasteiger charge is -2.31. The van der Waals surface area contributed by atoms with Crippen LogP contribution in [0.1, 0.15) is 23.1 Å². The van der Waals surface area contributed by atoms with Crippen molar-refractivity contribution in [1.29, 1.82) is 0 Å². The third-order valence-electron chi connectivity index (χ3n) is 5.95. The summed E-state index contributed by atoms with van der Waals surface area (Å²) in [6.07, 6.45) is -7.09. The van der Waals surface area contributed by atoms with Crippen molar-refractivity contribution in [2.24, 2.45) is 0 Å². The molecule has 9 heteroatoms. The van der Waals surface area contributed by atoms with E-state index in [1.54, 1.807) is 24.4 Å². The Labute approximate surface area is 195 Å². The van der Waals surface area contributed by atoms with E-state index in [0.717, 1.165) is 24.3 Å². The van der Waals surface area contributed by atoms with Crippen LogP contribution in [0.15, 0.2) is 72.9 Å². The normalized spacial score (nSPS) is 14.3. The van der Waals surface area contributed by atoms with Crippen LogP contribution in [-0.4, -0.2) is 10.9 Å². The van der Waals surface area contributed by atoms with Gasteiger partial charge in [0.2, 0.25) is 5.91 Å². The maximum absolute atomic E-state index is 13.3. The molecule has 0 atom stereocenters. The fourth-order valence-electron chi connectivity index (χ4n) is 4.29. The zero-order chi connectivity index (χ0) is 25.0. The first kappa shape index (κ1) is 22.9. The first-order chi connectivity index (χ1) is 16.5. The molecule has 3 nitrogen and oxygen atoms in total. The number of carbonyl (C=O) groups excluding carboxylic acids is 1.